The standard InChI is InChI=1S/C24H28F2N6O/c1-4-6-19(32-9-7-31(5-2)8-10-32)23(27)18-13-21(29-14-28-18)33-20-12-17(25)24-16(22(20)26)11-15(3)30-24/h4,6,11-14,23,30H,1,5,7-10,27H2,2-3H3/b19-6+. The lowest BCUT2D eigenvalue weighted by Gasteiger charge is -2.38. The lowest BCUT2D eigenvalue weighted by atomic mass is 10.1. The maximum absolute atomic E-state index is 14.9. The number of aromatic amines is 1. The van der Waals surface area contributed by atoms with Crippen molar-refractivity contribution in [1.82, 2.24) is 24.8 Å². The van der Waals surface area contributed by atoms with Crippen LogP contribution in [-0.4, -0.2) is 57.5 Å². The van der Waals surface area contributed by atoms with Gasteiger partial charge in [-0.15, -0.1) is 0 Å². The van der Waals surface area contributed by atoms with Gasteiger partial charge in [-0.3, -0.25) is 0 Å². The summed E-state index contributed by atoms with van der Waals surface area (Å²) in [5.41, 5.74) is 8.70. The van der Waals surface area contributed by atoms with Gasteiger partial charge in [-0.25, -0.2) is 18.7 Å². The lowest BCUT2D eigenvalue weighted by molar-refractivity contribution is 0.159. The van der Waals surface area contributed by atoms with Crippen molar-refractivity contribution in [2.75, 3.05) is 32.7 Å². The van der Waals surface area contributed by atoms with E-state index in [0.29, 0.717) is 11.4 Å². The molecule has 3 N–H and O–H groups in total. The Bertz CT molecular complexity index is 1180. The molecule has 1 aliphatic rings. The topological polar surface area (TPSA) is 83.3 Å². The second-order valence-corrected chi connectivity index (χ2v) is 8.02. The number of likely N-dealkylation sites (N-methyl/N-ethyl adjacent to an activating group) is 1. The van der Waals surface area contributed by atoms with E-state index in [1.807, 2.05) is 6.08 Å². The van der Waals surface area contributed by atoms with Crippen molar-refractivity contribution in [2.45, 2.75) is 19.9 Å². The van der Waals surface area contributed by atoms with Crippen LogP contribution in [0, 0.1) is 18.6 Å². The molecular weight excluding hydrogens is 426 g/mol. The first-order valence-electron chi connectivity index (χ1n) is 10.9. The first-order valence-corrected chi connectivity index (χ1v) is 10.9. The molecule has 2 aromatic heterocycles. The van der Waals surface area contributed by atoms with Crippen LogP contribution in [-0.2, 0) is 0 Å². The average molecular weight is 455 g/mol. The number of aryl methyl sites for hydroxylation is 1. The van der Waals surface area contributed by atoms with Crippen molar-refractivity contribution < 1.29 is 13.5 Å². The highest BCUT2D eigenvalue weighted by Crippen LogP contribution is 2.33. The second kappa shape index (κ2) is 9.68. The number of fused-ring (bicyclic) bond motifs is 1. The van der Waals surface area contributed by atoms with E-state index in [4.69, 9.17) is 10.5 Å². The quantitative estimate of drug-likeness (QED) is 0.524. The molecule has 1 atom stereocenters. The van der Waals surface area contributed by atoms with E-state index >= 15 is 0 Å². The number of rotatable bonds is 7. The van der Waals surface area contributed by atoms with Gasteiger partial charge in [0.2, 0.25) is 5.88 Å². The Labute approximate surface area is 191 Å². The number of hydrogen-bond acceptors (Lipinski definition) is 6. The number of nitrogens with two attached hydrogens (primary N) is 1. The van der Waals surface area contributed by atoms with Crippen molar-refractivity contribution in [3.05, 3.63) is 72.0 Å². The SMILES string of the molecule is C=C/C=C(\C(N)c1cc(Oc2cc(F)c3[nH]c(C)cc3c2F)ncn1)N1CCN(CC)CC1. The fourth-order valence-corrected chi connectivity index (χ4v) is 4.10. The van der Waals surface area contributed by atoms with Crippen LogP contribution < -0.4 is 10.5 Å². The third-order valence-corrected chi connectivity index (χ3v) is 5.89. The van der Waals surface area contributed by atoms with E-state index < -0.39 is 17.7 Å². The predicted octanol–water partition coefficient (Wildman–Crippen LogP) is 4.04. The zero-order valence-corrected chi connectivity index (χ0v) is 18.8. The van der Waals surface area contributed by atoms with E-state index in [9.17, 15) is 8.78 Å². The number of aromatic nitrogens is 3. The number of hydrogen-bond donors (Lipinski definition) is 2. The maximum atomic E-state index is 14.9. The Morgan fingerprint density at radius 1 is 1.24 bits per heavy atom. The minimum absolute atomic E-state index is 0.0779. The summed E-state index contributed by atoms with van der Waals surface area (Å²) < 4.78 is 35.0. The van der Waals surface area contributed by atoms with Crippen LogP contribution in [0.1, 0.15) is 24.4 Å². The highest BCUT2D eigenvalue weighted by Gasteiger charge is 2.24. The van der Waals surface area contributed by atoms with Crippen LogP contribution in [0.4, 0.5) is 8.78 Å². The molecule has 4 rings (SSSR count). The van der Waals surface area contributed by atoms with E-state index in [1.165, 1.54) is 12.4 Å². The Kier molecular flexibility index (Phi) is 6.71. The average Bonchev–Trinajstić information content (AvgIpc) is 3.23. The van der Waals surface area contributed by atoms with Gasteiger partial charge >= 0.3 is 0 Å². The van der Waals surface area contributed by atoms with E-state index in [0.717, 1.165) is 44.5 Å². The van der Waals surface area contributed by atoms with Gasteiger partial charge in [-0.05, 0) is 25.6 Å². The van der Waals surface area contributed by atoms with E-state index in [2.05, 4.69) is 38.3 Å². The Balaban J connectivity index is 1.58. The molecular formula is C24H28F2N6O. The molecule has 0 amide bonds. The van der Waals surface area contributed by atoms with Gasteiger partial charge in [0.1, 0.15) is 6.33 Å². The fraction of sp³-hybridized carbons (Fsp3) is 0.333. The number of nitrogens with one attached hydrogen (secondary N) is 1. The Morgan fingerprint density at radius 3 is 2.70 bits per heavy atom. The van der Waals surface area contributed by atoms with Crippen LogP contribution in [0.2, 0.25) is 0 Å². The predicted molar refractivity (Wildman–Crippen MR) is 124 cm³/mol. The number of allylic oxidation sites excluding steroid dienone is 2. The Morgan fingerprint density at radius 2 is 2.00 bits per heavy atom. The minimum Gasteiger partial charge on any atom is -0.436 e. The van der Waals surface area contributed by atoms with Gasteiger partial charge < -0.3 is 25.3 Å². The highest BCUT2D eigenvalue weighted by molar-refractivity contribution is 5.83. The highest BCUT2D eigenvalue weighted by atomic mass is 19.1. The van der Waals surface area contributed by atoms with Gasteiger partial charge in [-0.2, -0.15) is 0 Å². The summed E-state index contributed by atoms with van der Waals surface area (Å²) in [4.78, 5) is 15.8. The first kappa shape index (κ1) is 22.9. The third-order valence-electron chi connectivity index (χ3n) is 5.89. The van der Waals surface area contributed by atoms with Gasteiger partial charge in [0.15, 0.2) is 17.4 Å². The number of nitrogens with zero attached hydrogens (tertiary/aromatic N) is 4. The Hall–Kier alpha value is -3.30. The van der Waals surface area contributed by atoms with Crippen LogP contribution >= 0.6 is 0 Å². The zero-order chi connectivity index (χ0) is 23.5. The molecule has 0 aliphatic carbocycles. The molecule has 1 fully saturated rings. The smallest absolute Gasteiger partial charge is 0.222 e. The van der Waals surface area contributed by atoms with Crippen molar-refractivity contribution in [3.8, 4) is 11.6 Å². The zero-order valence-electron chi connectivity index (χ0n) is 18.8. The second-order valence-electron chi connectivity index (χ2n) is 8.02. The molecule has 0 radical (unpaired) electrons. The summed E-state index contributed by atoms with van der Waals surface area (Å²) in [6, 6.07) is 3.53. The number of piperazine rings is 1. The van der Waals surface area contributed by atoms with Gasteiger partial charge in [0, 0.05) is 55.1 Å². The summed E-state index contributed by atoms with van der Waals surface area (Å²) >= 11 is 0. The summed E-state index contributed by atoms with van der Waals surface area (Å²) in [6.07, 6.45) is 4.89. The molecule has 1 aromatic carbocycles. The normalized spacial score (nSPS) is 16.3. The largest absolute Gasteiger partial charge is 0.436 e. The van der Waals surface area contributed by atoms with E-state index in [1.54, 1.807) is 19.1 Å². The molecule has 7 nitrogen and oxygen atoms in total. The summed E-state index contributed by atoms with van der Waals surface area (Å²) in [5.74, 6) is -1.45. The monoisotopic (exact) mass is 454 g/mol. The molecule has 33 heavy (non-hydrogen) atoms. The van der Waals surface area contributed by atoms with Crippen molar-refractivity contribution in [3.63, 3.8) is 0 Å². The van der Waals surface area contributed by atoms with Gasteiger partial charge in [0.25, 0.3) is 0 Å². The van der Waals surface area contributed by atoms with Crippen LogP contribution in [0.3, 0.4) is 0 Å². The molecule has 1 saturated heterocycles. The third kappa shape index (κ3) is 4.74. The minimum atomic E-state index is -0.666. The molecule has 0 bridgehead atoms. The first-order chi connectivity index (χ1) is 15.9. The molecule has 0 spiro atoms. The molecule has 0 saturated carbocycles. The van der Waals surface area contributed by atoms with Crippen LogP contribution in [0.15, 0.2) is 49.0 Å². The maximum Gasteiger partial charge on any atom is 0.222 e. The molecule has 3 aromatic rings. The molecule has 1 unspecified atom stereocenters. The summed E-state index contributed by atoms with van der Waals surface area (Å²) in [5, 5.41) is 0.121. The van der Waals surface area contributed by atoms with Gasteiger partial charge in [0.05, 0.1) is 17.3 Å². The lowest BCUT2D eigenvalue weighted by Crippen LogP contribution is -2.47. The molecule has 174 valence electrons. The van der Waals surface area contributed by atoms with Crippen molar-refractivity contribution in [2.24, 2.45) is 5.73 Å². The van der Waals surface area contributed by atoms with Crippen LogP contribution in [0.5, 0.6) is 11.6 Å². The van der Waals surface area contributed by atoms with Crippen LogP contribution in [0.25, 0.3) is 10.9 Å². The fourth-order valence-electron chi connectivity index (χ4n) is 4.10. The van der Waals surface area contributed by atoms with Crippen molar-refractivity contribution >= 4 is 10.9 Å². The molecule has 1 aliphatic heterocycles. The van der Waals surface area contributed by atoms with Crippen molar-refractivity contribution in [1.29, 1.82) is 0 Å². The van der Waals surface area contributed by atoms with E-state index in [-0.39, 0.29) is 22.5 Å². The summed E-state index contributed by atoms with van der Waals surface area (Å²) in [6.45, 7) is 12.3. The number of halogens is 2. The number of H-pyrrole nitrogens is 1. The number of benzene rings is 1. The summed E-state index contributed by atoms with van der Waals surface area (Å²) in [7, 11) is 0. The van der Waals surface area contributed by atoms with Gasteiger partial charge in [-0.1, -0.05) is 19.6 Å². The molecule has 9 heteroatoms. The molecule has 3 heterocycles. The number of ether oxygens (including phenoxy) is 1.